The molecule has 0 aliphatic carbocycles. The number of amides is 1. The number of carbonyl (C=O) groups excluding carboxylic acids is 1. The Morgan fingerprint density at radius 2 is 2.00 bits per heavy atom. The van der Waals surface area contributed by atoms with Crippen LogP contribution in [0.5, 0.6) is 0 Å². The molecule has 25 heavy (non-hydrogen) atoms. The van der Waals surface area contributed by atoms with Crippen LogP contribution in [0.1, 0.15) is 36.8 Å². The van der Waals surface area contributed by atoms with Crippen molar-refractivity contribution in [1.82, 2.24) is 4.57 Å². The van der Waals surface area contributed by atoms with E-state index in [9.17, 15) is 10.1 Å². The Hall–Kier alpha value is -2.22. The van der Waals surface area contributed by atoms with Gasteiger partial charge in [-0.2, -0.15) is 5.26 Å². The fourth-order valence-electron chi connectivity index (χ4n) is 2.84. The molecule has 0 saturated heterocycles. The van der Waals surface area contributed by atoms with Gasteiger partial charge in [-0.05, 0) is 57.5 Å². The summed E-state index contributed by atoms with van der Waals surface area (Å²) in [5.74, 6) is -0.527. The van der Waals surface area contributed by atoms with Crippen molar-refractivity contribution in [3.05, 3.63) is 56.8 Å². The zero-order valence-corrected chi connectivity index (χ0v) is 16.0. The van der Waals surface area contributed by atoms with Crippen LogP contribution >= 0.6 is 23.2 Å². The molecule has 0 unspecified atom stereocenters. The predicted molar refractivity (Wildman–Crippen MR) is 103 cm³/mol. The van der Waals surface area contributed by atoms with Crippen molar-refractivity contribution in [3.63, 3.8) is 0 Å². The van der Waals surface area contributed by atoms with Crippen LogP contribution in [0.4, 0.5) is 5.69 Å². The van der Waals surface area contributed by atoms with Crippen LogP contribution in [0.15, 0.2) is 29.8 Å². The molecule has 6 heteroatoms. The van der Waals surface area contributed by atoms with E-state index < -0.39 is 5.91 Å². The first-order valence-electron chi connectivity index (χ1n) is 7.81. The number of nitrogens with zero attached hydrogens (tertiary/aromatic N) is 2. The van der Waals surface area contributed by atoms with Crippen LogP contribution in [-0.4, -0.2) is 10.5 Å². The molecule has 2 rings (SSSR count). The number of carbonyl (C=O) groups is 1. The van der Waals surface area contributed by atoms with Crippen LogP contribution in [0, 0.1) is 25.2 Å². The van der Waals surface area contributed by atoms with E-state index in [-0.39, 0.29) is 10.6 Å². The Labute approximate surface area is 157 Å². The Morgan fingerprint density at radius 3 is 2.56 bits per heavy atom. The SMILES string of the molecule is Cc1cc(/C=C(\C#N)C(=O)Nc2cccc(Cl)c2Cl)c(C)n1C(C)C. The average molecular weight is 376 g/mol. The van der Waals surface area contributed by atoms with Gasteiger partial charge in [0.1, 0.15) is 11.6 Å². The van der Waals surface area contributed by atoms with E-state index in [1.807, 2.05) is 26.0 Å². The van der Waals surface area contributed by atoms with E-state index in [0.29, 0.717) is 16.8 Å². The number of hydrogen-bond donors (Lipinski definition) is 1. The molecule has 0 radical (unpaired) electrons. The minimum absolute atomic E-state index is 0.0000447. The van der Waals surface area contributed by atoms with Crippen molar-refractivity contribution in [2.24, 2.45) is 0 Å². The maximum absolute atomic E-state index is 12.4. The highest BCUT2D eigenvalue weighted by Gasteiger charge is 2.15. The van der Waals surface area contributed by atoms with E-state index in [1.165, 1.54) is 0 Å². The van der Waals surface area contributed by atoms with Crippen molar-refractivity contribution in [3.8, 4) is 6.07 Å². The molecule has 0 saturated carbocycles. The topological polar surface area (TPSA) is 57.8 Å². The lowest BCUT2D eigenvalue weighted by Gasteiger charge is -2.13. The monoisotopic (exact) mass is 375 g/mol. The van der Waals surface area contributed by atoms with E-state index in [4.69, 9.17) is 23.2 Å². The number of nitriles is 1. The van der Waals surface area contributed by atoms with E-state index in [1.54, 1.807) is 24.3 Å². The Kier molecular flexibility index (Phi) is 5.94. The summed E-state index contributed by atoms with van der Waals surface area (Å²) in [6.07, 6.45) is 1.59. The van der Waals surface area contributed by atoms with Gasteiger partial charge in [0.15, 0.2) is 0 Å². The van der Waals surface area contributed by atoms with Crippen molar-refractivity contribution < 1.29 is 4.79 Å². The lowest BCUT2D eigenvalue weighted by atomic mass is 10.1. The minimum atomic E-state index is -0.527. The first-order valence-corrected chi connectivity index (χ1v) is 8.57. The van der Waals surface area contributed by atoms with Crippen LogP contribution in [0.25, 0.3) is 6.08 Å². The molecule has 0 aliphatic rings. The smallest absolute Gasteiger partial charge is 0.266 e. The molecule has 0 atom stereocenters. The molecule has 130 valence electrons. The van der Waals surface area contributed by atoms with Gasteiger partial charge in [0.2, 0.25) is 0 Å². The third-order valence-corrected chi connectivity index (χ3v) is 4.72. The summed E-state index contributed by atoms with van der Waals surface area (Å²) >= 11 is 12.0. The fourth-order valence-corrected chi connectivity index (χ4v) is 3.19. The summed E-state index contributed by atoms with van der Waals surface area (Å²) in [6.45, 7) is 8.15. The number of aromatic nitrogens is 1. The van der Waals surface area contributed by atoms with Gasteiger partial charge in [0.25, 0.3) is 5.91 Å². The number of hydrogen-bond acceptors (Lipinski definition) is 2. The molecule has 1 aromatic heterocycles. The zero-order valence-electron chi connectivity index (χ0n) is 14.5. The largest absolute Gasteiger partial charge is 0.346 e. The summed E-state index contributed by atoms with van der Waals surface area (Å²) in [6, 6.07) is 9.15. The lowest BCUT2D eigenvalue weighted by Crippen LogP contribution is -2.14. The van der Waals surface area contributed by atoms with Crippen molar-refractivity contribution in [2.45, 2.75) is 33.7 Å². The van der Waals surface area contributed by atoms with Gasteiger partial charge in [0.05, 0.1) is 15.7 Å². The second kappa shape index (κ2) is 7.77. The Morgan fingerprint density at radius 1 is 1.32 bits per heavy atom. The number of benzene rings is 1. The highest BCUT2D eigenvalue weighted by molar-refractivity contribution is 6.44. The summed E-state index contributed by atoms with van der Waals surface area (Å²) in [5, 5.41) is 12.6. The standard InChI is InChI=1S/C19H19Cl2N3O/c1-11(2)24-12(3)8-14(13(24)4)9-15(10-22)19(25)23-17-7-5-6-16(20)18(17)21/h5-9,11H,1-4H3,(H,23,25)/b15-9+. The van der Waals surface area contributed by atoms with E-state index in [0.717, 1.165) is 17.0 Å². The van der Waals surface area contributed by atoms with Gasteiger partial charge in [-0.25, -0.2) is 0 Å². The Balaban J connectivity index is 2.35. The van der Waals surface area contributed by atoms with Crippen molar-refractivity contribution in [1.29, 1.82) is 5.26 Å². The molecule has 1 amide bonds. The highest BCUT2D eigenvalue weighted by Crippen LogP contribution is 2.30. The molecule has 1 N–H and O–H groups in total. The van der Waals surface area contributed by atoms with Gasteiger partial charge in [-0.15, -0.1) is 0 Å². The second-order valence-electron chi connectivity index (χ2n) is 6.02. The van der Waals surface area contributed by atoms with Crippen LogP contribution in [0.3, 0.4) is 0 Å². The van der Waals surface area contributed by atoms with Gasteiger partial charge < -0.3 is 9.88 Å². The molecule has 4 nitrogen and oxygen atoms in total. The van der Waals surface area contributed by atoms with Gasteiger partial charge >= 0.3 is 0 Å². The van der Waals surface area contributed by atoms with Gasteiger partial charge in [-0.3, -0.25) is 4.79 Å². The zero-order chi connectivity index (χ0) is 18.7. The quantitative estimate of drug-likeness (QED) is 0.563. The number of nitrogens with one attached hydrogen (secondary N) is 1. The van der Waals surface area contributed by atoms with Crippen molar-refractivity contribution in [2.75, 3.05) is 5.32 Å². The maximum atomic E-state index is 12.4. The van der Waals surface area contributed by atoms with Crippen molar-refractivity contribution >= 4 is 40.9 Å². The van der Waals surface area contributed by atoms with E-state index in [2.05, 4.69) is 23.7 Å². The highest BCUT2D eigenvalue weighted by atomic mass is 35.5. The lowest BCUT2D eigenvalue weighted by molar-refractivity contribution is -0.112. The first-order chi connectivity index (χ1) is 11.8. The third kappa shape index (κ3) is 4.07. The third-order valence-electron chi connectivity index (χ3n) is 3.90. The molecular formula is C19H19Cl2N3O. The predicted octanol–water partition coefficient (Wildman–Crippen LogP) is 5.54. The maximum Gasteiger partial charge on any atom is 0.266 e. The molecule has 1 heterocycles. The summed E-state index contributed by atoms with van der Waals surface area (Å²) in [5.41, 5.74) is 3.30. The molecule has 0 fully saturated rings. The van der Waals surface area contributed by atoms with Gasteiger partial charge in [-0.1, -0.05) is 29.3 Å². The minimum Gasteiger partial charge on any atom is -0.346 e. The van der Waals surface area contributed by atoms with Gasteiger partial charge in [0, 0.05) is 17.4 Å². The number of anilines is 1. The number of aryl methyl sites for hydroxylation is 1. The number of halogens is 2. The van der Waals surface area contributed by atoms with Crippen LogP contribution < -0.4 is 5.32 Å². The molecule has 0 aliphatic heterocycles. The molecular weight excluding hydrogens is 357 g/mol. The normalized spacial score (nSPS) is 11.5. The van der Waals surface area contributed by atoms with E-state index >= 15 is 0 Å². The summed E-state index contributed by atoms with van der Waals surface area (Å²) < 4.78 is 2.16. The summed E-state index contributed by atoms with van der Waals surface area (Å²) in [4.78, 5) is 12.4. The Bertz CT molecular complexity index is 889. The summed E-state index contributed by atoms with van der Waals surface area (Å²) in [7, 11) is 0. The molecule has 0 bridgehead atoms. The molecule has 2 aromatic rings. The molecule has 1 aromatic carbocycles. The fraction of sp³-hybridized carbons (Fsp3) is 0.263. The van der Waals surface area contributed by atoms with Crippen LogP contribution in [0.2, 0.25) is 10.0 Å². The van der Waals surface area contributed by atoms with Crippen LogP contribution in [-0.2, 0) is 4.79 Å². The first kappa shape index (κ1) is 19.1. The molecule has 0 spiro atoms. The number of rotatable bonds is 4. The second-order valence-corrected chi connectivity index (χ2v) is 6.80. The average Bonchev–Trinajstić information content (AvgIpc) is 2.83.